The van der Waals surface area contributed by atoms with Crippen molar-refractivity contribution < 1.29 is 14.0 Å². The maximum absolute atomic E-state index is 13.3. The van der Waals surface area contributed by atoms with Crippen LogP contribution in [0.1, 0.15) is 28.5 Å². The number of anilines is 1. The van der Waals surface area contributed by atoms with Gasteiger partial charge < -0.3 is 15.2 Å². The van der Waals surface area contributed by atoms with Crippen molar-refractivity contribution in [1.29, 1.82) is 0 Å². The molecule has 2 heterocycles. The van der Waals surface area contributed by atoms with E-state index >= 15 is 0 Å². The third-order valence-electron chi connectivity index (χ3n) is 4.81. The van der Waals surface area contributed by atoms with E-state index in [1.54, 1.807) is 6.07 Å². The van der Waals surface area contributed by atoms with E-state index in [-0.39, 0.29) is 24.3 Å². The van der Waals surface area contributed by atoms with Crippen molar-refractivity contribution in [3.05, 3.63) is 71.8 Å². The van der Waals surface area contributed by atoms with Crippen LogP contribution in [0.4, 0.5) is 10.1 Å². The van der Waals surface area contributed by atoms with Gasteiger partial charge >= 0.3 is 0 Å². The molecule has 0 fully saturated rings. The fourth-order valence-electron chi connectivity index (χ4n) is 3.47. The smallest absolute Gasteiger partial charge is 0.269 e. The van der Waals surface area contributed by atoms with E-state index in [0.29, 0.717) is 23.8 Å². The predicted octanol–water partition coefficient (Wildman–Crippen LogP) is 3.31. The fourth-order valence-corrected chi connectivity index (χ4v) is 3.47. The lowest BCUT2D eigenvalue weighted by Gasteiger charge is -2.27. The van der Waals surface area contributed by atoms with Crippen molar-refractivity contribution in [2.24, 2.45) is 0 Å². The third kappa shape index (κ3) is 3.38. The number of hydrogen-bond donors (Lipinski definition) is 2. The maximum atomic E-state index is 13.3. The van der Waals surface area contributed by atoms with Crippen LogP contribution in [-0.4, -0.2) is 27.9 Å². The third-order valence-corrected chi connectivity index (χ3v) is 4.81. The first-order chi connectivity index (χ1) is 13.5. The molecule has 1 aromatic heterocycles. The maximum Gasteiger partial charge on any atom is 0.269 e. The van der Waals surface area contributed by atoms with E-state index in [1.165, 1.54) is 24.4 Å². The molecular weight excluding hydrogens is 359 g/mol. The molecule has 1 unspecified atom stereocenters. The normalized spacial score (nSPS) is 15.6. The molecule has 28 heavy (non-hydrogen) atoms. The molecule has 6 nitrogen and oxygen atoms in total. The van der Waals surface area contributed by atoms with Crippen LogP contribution in [0.2, 0.25) is 0 Å². The zero-order valence-corrected chi connectivity index (χ0v) is 15.3. The predicted molar refractivity (Wildman–Crippen MR) is 103 cm³/mol. The Bertz CT molecular complexity index is 1060. The number of imidazole rings is 1. The van der Waals surface area contributed by atoms with Gasteiger partial charge in [-0.2, -0.15) is 0 Å². The molecule has 4 rings (SSSR count). The van der Waals surface area contributed by atoms with Crippen LogP contribution < -0.4 is 10.6 Å². The Morgan fingerprint density at radius 2 is 2.11 bits per heavy atom. The summed E-state index contributed by atoms with van der Waals surface area (Å²) in [4.78, 5) is 29.3. The van der Waals surface area contributed by atoms with Gasteiger partial charge in [0.1, 0.15) is 17.3 Å². The van der Waals surface area contributed by atoms with E-state index in [9.17, 15) is 14.0 Å². The number of fused-ring (bicyclic) bond motifs is 1. The molecule has 0 bridgehead atoms. The first-order valence-electron chi connectivity index (χ1n) is 9.00. The second-order valence-electron chi connectivity index (χ2n) is 6.78. The minimum atomic E-state index is -0.415. The molecule has 0 saturated heterocycles. The van der Waals surface area contributed by atoms with Crippen LogP contribution in [0, 0.1) is 12.7 Å². The minimum Gasteiger partial charge on any atom is -0.349 e. The zero-order valence-electron chi connectivity index (χ0n) is 15.3. The van der Waals surface area contributed by atoms with Gasteiger partial charge in [0.15, 0.2) is 0 Å². The van der Waals surface area contributed by atoms with Crippen molar-refractivity contribution in [2.75, 3.05) is 11.9 Å². The molecule has 1 aliphatic heterocycles. The van der Waals surface area contributed by atoms with Crippen molar-refractivity contribution in [3.63, 3.8) is 0 Å². The number of rotatable bonds is 4. The van der Waals surface area contributed by atoms with Gasteiger partial charge in [0, 0.05) is 24.2 Å². The number of carbonyl (C=O) groups excluding carboxylic acids is 2. The van der Waals surface area contributed by atoms with Gasteiger partial charge in [0.25, 0.3) is 5.91 Å². The summed E-state index contributed by atoms with van der Waals surface area (Å²) in [5.41, 5.74) is 2.77. The molecule has 7 heteroatoms. The number of nitrogens with one attached hydrogen (secondary N) is 2. The Balaban J connectivity index is 1.63. The molecule has 0 spiro atoms. The summed E-state index contributed by atoms with van der Waals surface area (Å²) in [5.74, 6) is -0.232. The number of halogens is 1. The zero-order chi connectivity index (χ0) is 19.7. The molecule has 1 atom stereocenters. The van der Waals surface area contributed by atoms with Gasteiger partial charge in [0.2, 0.25) is 5.91 Å². The van der Waals surface area contributed by atoms with Gasteiger partial charge in [-0.15, -0.1) is 0 Å². The molecule has 2 amide bonds. The molecular formula is C21H19FN4O2. The monoisotopic (exact) mass is 378 g/mol. The molecule has 142 valence electrons. The summed E-state index contributed by atoms with van der Waals surface area (Å²) in [6.45, 7) is 2.29. The van der Waals surface area contributed by atoms with Crippen molar-refractivity contribution >= 4 is 17.5 Å². The lowest BCUT2D eigenvalue weighted by atomic mass is 10.1. The quantitative estimate of drug-likeness (QED) is 0.731. The summed E-state index contributed by atoms with van der Waals surface area (Å²) in [5, 5.41) is 5.52. The van der Waals surface area contributed by atoms with Crippen molar-refractivity contribution in [2.45, 2.75) is 19.4 Å². The summed E-state index contributed by atoms with van der Waals surface area (Å²) < 4.78 is 15.2. The van der Waals surface area contributed by atoms with Crippen LogP contribution in [0.25, 0.3) is 11.4 Å². The Labute approximate surface area is 161 Å². The molecule has 3 aromatic rings. The lowest BCUT2D eigenvalue weighted by Crippen LogP contribution is -2.40. The highest BCUT2D eigenvalue weighted by Crippen LogP contribution is 2.30. The number of nitrogens with zero attached hydrogens (tertiary/aromatic N) is 2. The van der Waals surface area contributed by atoms with Crippen LogP contribution in [0.5, 0.6) is 0 Å². The average Bonchev–Trinajstić information content (AvgIpc) is 3.10. The average molecular weight is 378 g/mol. The number of carbonyl (C=O) groups is 2. The summed E-state index contributed by atoms with van der Waals surface area (Å²) >= 11 is 0. The van der Waals surface area contributed by atoms with Crippen LogP contribution >= 0.6 is 0 Å². The minimum absolute atomic E-state index is 0.124. The molecule has 0 saturated carbocycles. The highest BCUT2D eigenvalue weighted by molar-refractivity contribution is 5.95. The lowest BCUT2D eigenvalue weighted by molar-refractivity contribution is -0.117. The van der Waals surface area contributed by atoms with Gasteiger partial charge in [-0.3, -0.25) is 9.59 Å². The van der Waals surface area contributed by atoms with Gasteiger partial charge in [-0.25, -0.2) is 9.37 Å². The van der Waals surface area contributed by atoms with E-state index in [1.807, 2.05) is 35.8 Å². The van der Waals surface area contributed by atoms with E-state index in [0.717, 1.165) is 11.1 Å². The van der Waals surface area contributed by atoms with Crippen LogP contribution in [-0.2, 0) is 4.79 Å². The van der Waals surface area contributed by atoms with Crippen LogP contribution in [0.15, 0.2) is 54.7 Å². The van der Waals surface area contributed by atoms with Gasteiger partial charge in [-0.05, 0) is 30.7 Å². The van der Waals surface area contributed by atoms with Crippen molar-refractivity contribution in [1.82, 2.24) is 14.9 Å². The summed E-state index contributed by atoms with van der Waals surface area (Å²) in [6.07, 6.45) is 1.66. The fraction of sp³-hybridized carbons (Fsp3) is 0.190. The molecule has 2 N–H and O–H groups in total. The topological polar surface area (TPSA) is 76.0 Å². The molecule has 0 radical (unpaired) electrons. The number of benzene rings is 2. The van der Waals surface area contributed by atoms with Gasteiger partial charge in [-0.1, -0.05) is 30.3 Å². The Morgan fingerprint density at radius 3 is 2.89 bits per heavy atom. The molecule has 1 aliphatic rings. The highest BCUT2D eigenvalue weighted by atomic mass is 19.1. The SMILES string of the molecule is Cc1ccccc1-c1ncc2n1C(CC(=O)Nc1cccc(F)c1)CNC2=O. The Hall–Kier alpha value is -3.48. The Kier molecular flexibility index (Phi) is 4.65. The summed E-state index contributed by atoms with van der Waals surface area (Å²) in [6, 6.07) is 13.2. The number of aromatic nitrogens is 2. The number of aryl methyl sites for hydroxylation is 1. The summed E-state index contributed by atoms with van der Waals surface area (Å²) in [7, 11) is 0. The number of hydrogen-bond acceptors (Lipinski definition) is 3. The van der Waals surface area contributed by atoms with Crippen molar-refractivity contribution in [3.8, 4) is 11.4 Å². The standard InChI is InChI=1S/C21H19FN4O2/c1-13-5-2-3-8-17(13)20-23-12-18-21(28)24-11-16(26(18)20)10-19(27)25-15-7-4-6-14(22)9-15/h2-9,12,16H,10-11H2,1H3,(H,24,28)(H,25,27). The molecule has 2 aromatic carbocycles. The Morgan fingerprint density at radius 1 is 1.29 bits per heavy atom. The van der Waals surface area contributed by atoms with E-state index in [2.05, 4.69) is 15.6 Å². The first-order valence-corrected chi connectivity index (χ1v) is 9.00. The van der Waals surface area contributed by atoms with Crippen LogP contribution in [0.3, 0.4) is 0 Å². The van der Waals surface area contributed by atoms with E-state index in [4.69, 9.17) is 0 Å². The van der Waals surface area contributed by atoms with Gasteiger partial charge in [0.05, 0.1) is 12.2 Å². The second-order valence-corrected chi connectivity index (χ2v) is 6.78. The number of amides is 2. The largest absolute Gasteiger partial charge is 0.349 e. The van der Waals surface area contributed by atoms with E-state index < -0.39 is 5.82 Å². The highest BCUT2D eigenvalue weighted by Gasteiger charge is 2.30. The second kappa shape index (κ2) is 7.26. The molecule has 0 aliphatic carbocycles. The first kappa shape index (κ1) is 17.9.